The van der Waals surface area contributed by atoms with Crippen molar-refractivity contribution in [2.75, 3.05) is 0 Å². The van der Waals surface area contributed by atoms with Gasteiger partial charge in [0.05, 0.1) is 6.04 Å². The lowest BCUT2D eigenvalue weighted by atomic mass is 9.89. The number of hydrogen-bond donors (Lipinski definition) is 1. The first-order valence-electron chi connectivity index (χ1n) is 6.81. The van der Waals surface area contributed by atoms with Crippen LogP contribution in [0.2, 0.25) is 0 Å². The van der Waals surface area contributed by atoms with Crippen molar-refractivity contribution in [3.8, 4) is 0 Å². The predicted molar refractivity (Wildman–Crippen MR) is 82.6 cm³/mol. The molecule has 2 aromatic carbocycles. The highest BCUT2D eigenvalue weighted by molar-refractivity contribution is 5.45. The lowest BCUT2D eigenvalue weighted by Crippen LogP contribution is -2.15. The van der Waals surface area contributed by atoms with Gasteiger partial charge in [-0.05, 0) is 73.6 Å². The largest absolute Gasteiger partial charge is 0.320 e. The molecule has 100 valence electrons. The van der Waals surface area contributed by atoms with Gasteiger partial charge in [-0.25, -0.2) is 0 Å². The second-order valence-electron chi connectivity index (χ2n) is 5.56. The molecule has 0 spiro atoms. The average molecular weight is 253 g/mol. The summed E-state index contributed by atoms with van der Waals surface area (Å²) in [5.41, 5.74) is 15.5. The van der Waals surface area contributed by atoms with Crippen LogP contribution in [0.15, 0.2) is 30.3 Å². The summed E-state index contributed by atoms with van der Waals surface area (Å²) in [6.45, 7) is 10.7. The van der Waals surface area contributed by atoms with E-state index < -0.39 is 0 Å². The monoisotopic (exact) mass is 253 g/mol. The minimum absolute atomic E-state index is 0.0424. The molecule has 0 amide bonds. The average Bonchev–Trinajstić information content (AvgIpc) is 2.36. The van der Waals surface area contributed by atoms with E-state index in [1.807, 2.05) is 0 Å². The van der Waals surface area contributed by atoms with Crippen molar-refractivity contribution in [3.05, 3.63) is 69.3 Å². The third-order valence-corrected chi connectivity index (χ3v) is 4.20. The fourth-order valence-electron chi connectivity index (χ4n) is 2.60. The highest BCUT2D eigenvalue weighted by Gasteiger charge is 2.15. The van der Waals surface area contributed by atoms with Crippen molar-refractivity contribution in [1.82, 2.24) is 0 Å². The zero-order valence-electron chi connectivity index (χ0n) is 12.5. The van der Waals surface area contributed by atoms with Gasteiger partial charge < -0.3 is 5.73 Å². The van der Waals surface area contributed by atoms with E-state index in [0.717, 1.165) is 0 Å². The summed E-state index contributed by atoms with van der Waals surface area (Å²) in [6, 6.07) is 10.8. The van der Waals surface area contributed by atoms with E-state index in [2.05, 4.69) is 65.0 Å². The second-order valence-corrected chi connectivity index (χ2v) is 5.56. The summed E-state index contributed by atoms with van der Waals surface area (Å²) in [5, 5.41) is 0. The van der Waals surface area contributed by atoms with E-state index in [0.29, 0.717) is 0 Å². The first-order chi connectivity index (χ1) is 8.91. The first-order valence-corrected chi connectivity index (χ1v) is 6.81. The lowest BCUT2D eigenvalue weighted by molar-refractivity contribution is 0.847. The molecule has 0 aromatic heterocycles. The van der Waals surface area contributed by atoms with Gasteiger partial charge in [0, 0.05) is 0 Å². The minimum atomic E-state index is -0.0424. The molecule has 0 bridgehead atoms. The van der Waals surface area contributed by atoms with Gasteiger partial charge in [-0.15, -0.1) is 0 Å². The van der Waals surface area contributed by atoms with Gasteiger partial charge in [0.2, 0.25) is 0 Å². The molecule has 0 fully saturated rings. The van der Waals surface area contributed by atoms with Crippen LogP contribution in [-0.4, -0.2) is 0 Å². The predicted octanol–water partition coefficient (Wildman–Crippen LogP) is 4.28. The van der Waals surface area contributed by atoms with Crippen molar-refractivity contribution < 1.29 is 0 Å². The van der Waals surface area contributed by atoms with Gasteiger partial charge >= 0.3 is 0 Å². The molecule has 0 saturated carbocycles. The van der Waals surface area contributed by atoms with Gasteiger partial charge in [-0.1, -0.05) is 30.3 Å². The lowest BCUT2D eigenvalue weighted by Gasteiger charge is -2.20. The van der Waals surface area contributed by atoms with Crippen LogP contribution in [0.3, 0.4) is 0 Å². The molecule has 2 N–H and O–H groups in total. The molecule has 1 atom stereocenters. The minimum Gasteiger partial charge on any atom is -0.320 e. The van der Waals surface area contributed by atoms with Crippen LogP contribution in [0, 0.1) is 34.6 Å². The number of benzene rings is 2. The molecule has 0 saturated heterocycles. The van der Waals surface area contributed by atoms with Crippen molar-refractivity contribution in [3.63, 3.8) is 0 Å². The Morgan fingerprint density at radius 1 is 0.737 bits per heavy atom. The summed E-state index contributed by atoms with van der Waals surface area (Å²) < 4.78 is 0. The third kappa shape index (κ3) is 2.57. The van der Waals surface area contributed by atoms with E-state index in [4.69, 9.17) is 5.73 Å². The summed E-state index contributed by atoms with van der Waals surface area (Å²) in [7, 11) is 0. The smallest absolute Gasteiger partial charge is 0.0557 e. The molecule has 1 heteroatoms. The molecular weight excluding hydrogens is 230 g/mol. The quantitative estimate of drug-likeness (QED) is 0.849. The van der Waals surface area contributed by atoms with E-state index in [9.17, 15) is 0 Å². The fourth-order valence-corrected chi connectivity index (χ4v) is 2.60. The van der Waals surface area contributed by atoms with Crippen LogP contribution in [0.5, 0.6) is 0 Å². The maximum Gasteiger partial charge on any atom is 0.0557 e. The standard InChI is InChI=1S/C18H23N/c1-11-7-6-8-16(15(11)5)18(19)17-10-13(3)12(2)9-14(17)4/h6-10,18H,19H2,1-5H3. The van der Waals surface area contributed by atoms with Gasteiger partial charge in [0.25, 0.3) is 0 Å². The fraction of sp³-hybridized carbons (Fsp3) is 0.333. The van der Waals surface area contributed by atoms with Crippen LogP contribution >= 0.6 is 0 Å². The van der Waals surface area contributed by atoms with Gasteiger partial charge in [-0.2, -0.15) is 0 Å². The van der Waals surface area contributed by atoms with Crippen LogP contribution in [-0.2, 0) is 0 Å². The summed E-state index contributed by atoms with van der Waals surface area (Å²) in [5.74, 6) is 0. The molecule has 19 heavy (non-hydrogen) atoms. The molecule has 0 radical (unpaired) electrons. The molecule has 0 aliphatic heterocycles. The van der Waals surface area contributed by atoms with E-state index in [1.165, 1.54) is 38.9 Å². The van der Waals surface area contributed by atoms with Crippen LogP contribution in [0.25, 0.3) is 0 Å². The number of nitrogens with two attached hydrogens (primary N) is 1. The number of hydrogen-bond acceptors (Lipinski definition) is 1. The third-order valence-electron chi connectivity index (χ3n) is 4.20. The number of rotatable bonds is 2. The molecule has 2 rings (SSSR count). The molecular formula is C18H23N. The van der Waals surface area contributed by atoms with Gasteiger partial charge in [0.15, 0.2) is 0 Å². The molecule has 1 nitrogen and oxygen atoms in total. The Balaban J connectivity index is 2.53. The normalized spacial score (nSPS) is 12.5. The Hall–Kier alpha value is -1.60. The zero-order chi connectivity index (χ0) is 14.2. The van der Waals surface area contributed by atoms with Gasteiger partial charge in [0.1, 0.15) is 0 Å². The van der Waals surface area contributed by atoms with E-state index >= 15 is 0 Å². The molecule has 0 aliphatic carbocycles. The van der Waals surface area contributed by atoms with Crippen LogP contribution < -0.4 is 5.73 Å². The van der Waals surface area contributed by atoms with E-state index in [-0.39, 0.29) is 6.04 Å². The Morgan fingerprint density at radius 2 is 1.37 bits per heavy atom. The van der Waals surface area contributed by atoms with Crippen LogP contribution in [0.1, 0.15) is 45.0 Å². The van der Waals surface area contributed by atoms with E-state index in [1.54, 1.807) is 0 Å². The second kappa shape index (κ2) is 5.18. The highest BCUT2D eigenvalue weighted by atomic mass is 14.6. The SMILES string of the molecule is Cc1cc(C)c(C(N)c2cccc(C)c2C)cc1C. The molecule has 0 aliphatic rings. The molecule has 0 heterocycles. The maximum absolute atomic E-state index is 6.51. The summed E-state index contributed by atoms with van der Waals surface area (Å²) in [6.07, 6.45) is 0. The van der Waals surface area contributed by atoms with Crippen molar-refractivity contribution >= 4 is 0 Å². The topological polar surface area (TPSA) is 26.0 Å². The zero-order valence-corrected chi connectivity index (χ0v) is 12.5. The van der Waals surface area contributed by atoms with Crippen molar-refractivity contribution in [2.24, 2.45) is 5.73 Å². The molecule has 2 aromatic rings. The number of aryl methyl sites for hydroxylation is 4. The van der Waals surface area contributed by atoms with Crippen LogP contribution in [0.4, 0.5) is 0 Å². The molecule has 1 unspecified atom stereocenters. The van der Waals surface area contributed by atoms with Crippen molar-refractivity contribution in [1.29, 1.82) is 0 Å². The highest BCUT2D eigenvalue weighted by Crippen LogP contribution is 2.28. The maximum atomic E-state index is 6.51. The first kappa shape index (κ1) is 13.8. The summed E-state index contributed by atoms with van der Waals surface area (Å²) >= 11 is 0. The Labute approximate surface area is 116 Å². The summed E-state index contributed by atoms with van der Waals surface area (Å²) in [4.78, 5) is 0. The Kier molecular flexibility index (Phi) is 3.77. The Morgan fingerprint density at radius 3 is 2.05 bits per heavy atom. The van der Waals surface area contributed by atoms with Crippen molar-refractivity contribution in [2.45, 2.75) is 40.7 Å². The van der Waals surface area contributed by atoms with Gasteiger partial charge in [-0.3, -0.25) is 0 Å². The Bertz CT molecular complexity index is 611.